The van der Waals surface area contributed by atoms with Gasteiger partial charge in [-0.1, -0.05) is 34.6 Å². The molecule has 1 aliphatic rings. The molecule has 1 saturated heterocycles. The van der Waals surface area contributed by atoms with Crippen molar-refractivity contribution in [3.63, 3.8) is 0 Å². The highest BCUT2D eigenvalue weighted by Crippen LogP contribution is 2.32. The summed E-state index contributed by atoms with van der Waals surface area (Å²) in [5, 5.41) is 0. The van der Waals surface area contributed by atoms with E-state index in [-0.39, 0.29) is 5.92 Å². The van der Waals surface area contributed by atoms with Crippen LogP contribution in [0.2, 0.25) is 0 Å². The number of hydrogen-bond donors (Lipinski definition) is 0. The van der Waals surface area contributed by atoms with E-state index in [1.165, 1.54) is 0 Å². The summed E-state index contributed by atoms with van der Waals surface area (Å²) in [5.41, 5.74) is 0.961. The highest BCUT2D eigenvalue weighted by Gasteiger charge is 2.32. The summed E-state index contributed by atoms with van der Waals surface area (Å²) < 4.78 is 33.6. The lowest BCUT2D eigenvalue weighted by Crippen LogP contribution is -2.42. The van der Waals surface area contributed by atoms with Crippen LogP contribution in [0.1, 0.15) is 58.9 Å². The minimum absolute atomic E-state index is 0.214. The minimum atomic E-state index is -3.44. The van der Waals surface area contributed by atoms with E-state index >= 15 is 0 Å². The molecule has 0 N–H and O–H groups in total. The molecule has 2 rings (SSSR count). The number of benzene rings is 1. The van der Waals surface area contributed by atoms with E-state index in [0.717, 1.165) is 24.2 Å². The third-order valence-electron chi connectivity index (χ3n) is 4.54. The minimum Gasteiger partial charge on any atom is -0.493 e. The lowest BCUT2D eigenvalue weighted by Gasteiger charge is -2.34. The van der Waals surface area contributed by atoms with Crippen molar-refractivity contribution in [2.75, 3.05) is 19.7 Å². The fourth-order valence-electron chi connectivity index (χ4n) is 3.43. The van der Waals surface area contributed by atoms with Gasteiger partial charge in [-0.15, -0.1) is 0 Å². The SMILES string of the molecule is CCCOc1ccc(S(=O)(=O)N2C[C@H](C)C[C@@H](C)C2)cc1C(C)C. The van der Waals surface area contributed by atoms with Gasteiger partial charge < -0.3 is 4.74 Å². The number of piperidine rings is 1. The first-order valence-corrected chi connectivity index (χ1v) is 10.5. The summed E-state index contributed by atoms with van der Waals surface area (Å²) in [6.45, 7) is 12.3. The van der Waals surface area contributed by atoms with Crippen LogP contribution in [0.5, 0.6) is 5.75 Å². The molecule has 24 heavy (non-hydrogen) atoms. The molecular weight excluding hydrogens is 322 g/mol. The normalized spacial score (nSPS) is 22.8. The molecule has 0 aliphatic carbocycles. The maximum atomic E-state index is 13.1. The van der Waals surface area contributed by atoms with Crippen molar-refractivity contribution in [1.82, 2.24) is 4.31 Å². The van der Waals surface area contributed by atoms with Crippen molar-refractivity contribution in [3.05, 3.63) is 23.8 Å². The molecule has 136 valence electrons. The molecule has 0 aromatic heterocycles. The Morgan fingerprint density at radius 2 is 1.83 bits per heavy atom. The fraction of sp³-hybridized carbons (Fsp3) is 0.684. The molecule has 0 amide bonds. The summed E-state index contributed by atoms with van der Waals surface area (Å²) in [6.07, 6.45) is 2.02. The summed E-state index contributed by atoms with van der Waals surface area (Å²) >= 11 is 0. The number of ether oxygens (including phenoxy) is 1. The fourth-order valence-corrected chi connectivity index (χ4v) is 5.15. The van der Waals surface area contributed by atoms with Crippen molar-refractivity contribution in [2.24, 2.45) is 11.8 Å². The van der Waals surface area contributed by atoms with E-state index in [2.05, 4.69) is 34.6 Å². The Morgan fingerprint density at radius 1 is 1.21 bits per heavy atom. The van der Waals surface area contributed by atoms with Crippen LogP contribution in [0, 0.1) is 11.8 Å². The summed E-state index contributed by atoms with van der Waals surface area (Å²) in [7, 11) is -3.44. The van der Waals surface area contributed by atoms with Crippen molar-refractivity contribution < 1.29 is 13.2 Å². The molecule has 1 heterocycles. The van der Waals surface area contributed by atoms with Crippen LogP contribution in [0.25, 0.3) is 0 Å². The van der Waals surface area contributed by atoms with Crippen molar-refractivity contribution in [2.45, 2.75) is 58.3 Å². The van der Waals surface area contributed by atoms with Crippen LogP contribution in [0.3, 0.4) is 0 Å². The number of nitrogens with zero attached hydrogens (tertiary/aromatic N) is 1. The quantitative estimate of drug-likeness (QED) is 0.767. The van der Waals surface area contributed by atoms with Gasteiger partial charge in [0.05, 0.1) is 11.5 Å². The third-order valence-corrected chi connectivity index (χ3v) is 6.37. The Hall–Kier alpha value is -1.07. The first-order valence-electron chi connectivity index (χ1n) is 9.02. The average molecular weight is 354 g/mol. The van der Waals surface area contributed by atoms with Gasteiger partial charge in [-0.05, 0) is 54.4 Å². The maximum Gasteiger partial charge on any atom is 0.243 e. The van der Waals surface area contributed by atoms with Gasteiger partial charge in [-0.3, -0.25) is 0 Å². The van der Waals surface area contributed by atoms with Gasteiger partial charge >= 0.3 is 0 Å². The molecule has 0 radical (unpaired) electrons. The van der Waals surface area contributed by atoms with E-state index < -0.39 is 10.0 Å². The second-order valence-electron chi connectivity index (χ2n) is 7.47. The summed E-state index contributed by atoms with van der Waals surface area (Å²) in [4.78, 5) is 0.386. The van der Waals surface area contributed by atoms with Crippen LogP contribution in [0.4, 0.5) is 0 Å². The van der Waals surface area contributed by atoms with Crippen molar-refractivity contribution >= 4 is 10.0 Å². The second-order valence-corrected chi connectivity index (χ2v) is 9.41. The molecule has 0 unspecified atom stereocenters. The van der Waals surface area contributed by atoms with Crippen LogP contribution < -0.4 is 4.74 Å². The van der Waals surface area contributed by atoms with Crippen LogP contribution in [-0.4, -0.2) is 32.4 Å². The number of rotatable bonds is 6. The van der Waals surface area contributed by atoms with Gasteiger partial charge in [0.25, 0.3) is 0 Å². The molecule has 0 bridgehead atoms. The summed E-state index contributed by atoms with van der Waals surface area (Å²) in [6, 6.07) is 5.31. The highest BCUT2D eigenvalue weighted by atomic mass is 32.2. The molecular formula is C19H31NO3S. The first-order chi connectivity index (χ1) is 11.3. The molecule has 1 fully saturated rings. The van der Waals surface area contributed by atoms with E-state index in [0.29, 0.717) is 36.4 Å². The Balaban J connectivity index is 2.34. The lowest BCUT2D eigenvalue weighted by molar-refractivity contribution is 0.222. The molecule has 1 aromatic carbocycles. The standard InChI is InChI=1S/C19H31NO3S/c1-6-9-23-19-8-7-17(11-18(19)14(2)3)24(21,22)20-12-15(4)10-16(5)13-20/h7-8,11,14-16H,6,9-10,12-13H2,1-5H3/t15-,16-/m1/s1. The van der Waals surface area contributed by atoms with Gasteiger partial charge in [-0.25, -0.2) is 8.42 Å². The second kappa shape index (κ2) is 7.87. The van der Waals surface area contributed by atoms with E-state index in [1.807, 2.05) is 6.07 Å². The summed E-state index contributed by atoms with van der Waals surface area (Å²) in [5.74, 6) is 1.82. The Kier molecular flexibility index (Phi) is 6.32. The van der Waals surface area contributed by atoms with Gasteiger partial charge in [0.1, 0.15) is 5.75 Å². The largest absolute Gasteiger partial charge is 0.493 e. The van der Waals surface area contributed by atoms with Crippen molar-refractivity contribution in [3.8, 4) is 5.75 Å². The van der Waals surface area contributed by atoms with E-state index in [4.69, 9.17) is 4.74 Å². The zero-order valence-electron chi connectivity index (χ0n) is 15.6. The Morgan fingerprint density at radius 3 is 2.38 bits per heavy atom. The average Bonchev–Trinajstić information content (AvgIpc) is 2.51. The molecule has 5 heteroatoms. The molecule has 0 spiro atoms. The van der Waals surface area contributed by atoms with Crippen LogP contribution in [-0.2, 0) is 10.0 Å². The van der Waals surface area contributed by atoms with Crippen LogP contribution in [0.15, 0.2) is 23.1 Å². The van der Waals surface area contributed by atoms with Gasteiger partial charge in [0.15, 0.2) is 0 Å². The molecule has 1 aliphatic heterocycles. The predicted molar refractivity (Wildman–Crippen MR) is 98.0 cm³/mol. The first kappa shape index (κ1) is 19.3. The molecule has 2 atom stereocenters. The monoisotopic (exact) mass is 353 g/mol. The smallest absolute Gasteiger partial charge is 0.243 e. The number of sulfonamides is 1. The molecule has 0 saturated carbocycles. The predicted octanol–water partition coefficient (Wildman–Crippen LogP) is 4.27. The van der Waals surface area contributed by atoms with Crippen molar-refractivity contribution in [1.29, 1.82) is 0 Å². The Labute approximate surface area is 147 Å². The third kappa shape index (κ3) is 4.31. The van der Waals surface area contributed by atoms with Gasteiger partial charge in [0, 0.05) is 13.1 Å². The molecule has 1 aromatic rings. The zero-order valence-corrected chi connectivity index (χ0v) is 16.4. The van der Waals surface area contributed by atoms with E-state index in [1.54, 1.807) is 16.4 Å². The highest BCUT2D eigenvalue weighted by molar-refractivity contribution is 7.89. The van der Waals surface area contributed by atoms with Gasteiger partial charge in [0.2, 0.25) is 10.0 Å². The zero-order chi connectivity index (χ0) is 17.9. The maximum absolute atomic E-state index is 13.1. The van der Waals surface area contributed by atoms with Gasteiger partial charge in [-0.2, -0.15) is 4.31 Å². The van der Waals surface area contributed by atoms with E-state index in [9.17, 15) is 8.42 Å². The van der Waals surface area contributed by atoms with Crippen LogP contribution >= 0.6 is 0 Å². The Bertz CT molecular complexity index is 645. The lowest BCUT2D eigenvalue weighted by atomic mass is 9.94. The molecule has 4 nitrogen and oxygen atoms in total. The topological polar surface area (TPSA) is 46.6 Å². The number of hydrogen-bond acceptors (Lipinski definition) is 3.